The van der Waals surface area contributed by atoms with Crippen LogP contribution in [0.2, 0.25) is 0 Å². The van der Waals surface area contributed by atoms with Crippen LogP contribution in [0.25, 0.3) is 11.1 Å². The van der Waals surface area contributed by atoms with Gasteiger partial charge in [-0.3, -0.25) is 0 Å². The number of nitrogens with one attached hydrogen (secondary N) is 1. The van der Waals surface area contributed by atoms with E-state index >= 15 is 0 Å². The third-order valence-corrected chi connectivity index (χ3v) is 2.11. The van der Waals surface area contributed by atoms with Gasteiger partial charge in [-0.1, -0.05) is 12.1 Å². The minimum absolute atomic E-state index is 0.0840. The number of nitrogens with zero attached hydrogens (tertiary/aromatic N) is 1. The van der Waals surface area contributed by atoms with Gasteiger partial charge in [0.2, 0.25) is 5.89 Å². The molecule has 0 spiro atoms. The predicted molar refractivity (Wildman–Crippen MR) is 60.6 cm³/mol. The van der Waals surface area contributed by atoms with Gasteiger partial charge in [0, 0.05) is 5.54 Å². The standard InChI is InChI=1S/C12H16N2O/c1-12(2,3)13-8-11-14-9-6-4-5-7-10(9)15-11/h4-7,13H,8H2,1-3H3. The SMILES string of the molecule is CC(C)(C)NCc1nc2ccccc2o1. The van der Waals surface area contributed by atoms with Crippen molar-refractivity contribution >= 4 is 11.1 Å². The summed E-state index contributed by atoms with van der Waals surface area (Å²) in [6, 6.07) is 7.81. The largest absolute Gasteiger partial charge is 0.439 e. The van der Waals surface area contributed by atoms with E-state index in [1.807, 2.05) is 24.3 Å². The first-order valence-electron chi connectivity index (χ1n) is 5.14. The van der Waals surface area contributed by atoms with Crippen LogP contribution in [0.4, 0.5) is 0 Å². The van der Waals surface area contributed by atoms with E-state index in [1.54, 1.807) is 0 Å². The van der Waals surface area contributed by atoms with Crippen LogP contribution in [-0.4, -0.2) is 10.5 Å². The highest BCUT2D eigenvalue weighted by Gasteiger charge is 2.11. The molecule has 0 atom stereocenters. The Kier molecular flexibility index (Phi) is 2.49. The number of hydrogen-bond acceptors (Lipinski definition) is 3. The molecule has 0 bridgehead atoms. The maximum Gasteiger partial charge on any atom is 0.209 e. The first-order valence-corrected chi connectivity index (χ1v) is 5.14. The highest BCUT2D eigenvalue weighted by molar-refractivity contribution is 5.72. The van der Waals surface area contributed by atoms with Crippen LogP contribution in [0.15, 0.2) is 28.7 Å². The van der Waals surface area contributed by atoms with Gasteiger partial charge in [-0.2, -0.15) is 0 Å². The van der Waals surface area contributed by atoms with Crippen molar-refractivity contribution in [2.24, 2.45) is 0 Å². The third kappa shape index (κ3) is 2.57. The van der Waals surface area contributed by atoms with E-state index in [-0.39, 0.29) is 5.54 Å². The van der Waals surface area contributed by atoms with Crippen molar-refractivity contribution in [2.75, 3.05) is 0 Å². The second-order valence-corrected chi connectivity index (χ2v) is 4.68. The van der Waals surface area contributed by atoms with Gasteiger partial charge in [-0.05, 0) is 32.9 Å². The average Bonchev–Trinajstić information content (AvgIpc) is 2.56. The molecule has 80 valence electrons. The molecule has 1 N–H and O–H groups in total. The Morgan fingerprint density at radius 1 is 1.27 bits per heavy atom. The van der Waals surface area contributed by atoms with Crippen molar-refractivity contribution in [1.29, 1.82) is 0 Å². The first kappa shape index (κ1) is 10.2. The van der Waals surface area contributed by atoms with Crippen LogP contribution in [0.1, 0.15) is 26.7 Å². The van der Waals surface area contributed by atoms with Gasteiger partial charge in [0.1, 0.15) is 5.52 Å². The second kappa shape index (κ2) is 3.66. The fourth-order valence-corrected chi connectivity index (χ4v) is 1.34. The molecule has 0 aliphatic heterocycles. The number of rotatable bonds is 2. The number of benzene rings is 1. The molecule has 0 saturated heterocycles. The van der Waals surface area contributed by atoms with E-state index in [0.717, 1.165) is 17.0 Å². The summed E-state index contributed by atoms with van der Waals surface area (Å²) >= 11 is 0. The summed E-state index contributed by atoms with van der Waals surface area (Å²) in [6.45, 7) is 7.03. The van der Waals surface area contributed by atoms with Gasteiger partial charge in [0.05, 0.1) is 6.54 Å². The molecule has 0 aliphatic rings. The zero-order valence-corrected chi connectivity index (χ0v) is 9.37. The molecule has 1 aromatic carbocycles. The van der Waals surface area contributed by atoms with Crippen LogP contribution < -0.4 is 5.32 Å². The monoisotopic (exact) mass is 204 g/mol. The summed E-state index contributed by atoms with van der Waals surface area (Å²) in [6.07, 6.45) is 0. The van der Waals surface area contributed by atoms with Gasteiger partial charge in [0.15, 0.2) is 5.58 Å². The summed E-state index contributed by atoms with van der Waals surface area (Å²) in [7, 11) is 0. The molecule has 1 aromatic heterocycles. The average molecular weight is 204 g/mol. The van der Waals surface area contributed by atoms with E-state index in [1.165, 1.54) is 0 Å². The Morgan fingerprint density at radius 2 is 2.00 bits per heavy atom. The first-order chi connectivity index (χ1) is 7.04. The molecular weight excluding hydrogens is 188 g/mol. The van der Waals surface area contributed by atoms with E-state index in [9.17, 15) is 0 Å². The summed E-state index contributed by atoms with van der Waals surface area (Å²) in [5, 5.41) is 3.34. The molecule has 2 rings (SSSR count). The molecule has 0 saturated carbocycles. The van der Waals surface area contributed by atoms with Crippen molar-refractivity contribution in [1.82, 2.24) is 10.3 Å². The van der Waals surface area contributed by atoms with Gasteiger partial charge >= 0.3 is 0 Å². The summed E-state index contributed by atoms with van der Waals surface area (Å²) in [4.78, 5) is 4.39. The van der Waals surface area contributed by atoms with Gasteiger partial charge in [-0.25, -0.2) is 4.98 Å². The Bertz CT molecular complexity index is 421. The minimum Gasteiger partial charge on any atom is -0.439 e. The van der Waals surface area contributed by atoms with Crippen LogP contribution >= 0.6 is 0 Å². The molecular formula is C12H16N2O. The van der Waals surface area contributed by atoms with E-state index in [4.69, 9.17) is 4.42 Å². The Morgan fingerprint density at radius 3 is 2.67 bits per heavy atom. The highest BCUT2D eigenvalue weighted by atomic mass is 16.3. The van der Waals surface area contributed by atoms with Crippen molar-refractivity contribution in [3.63, 3.8) is 0 Å². The maximum absolute atomic E-state index is 5.59. The second-order valence-electron chi connectivity index (χ2n) is 4.68. The predicted octanol–water partition coefficient (Wildman–Crippen LogP) is 2.72. The van der Waals surface area contributed by atoms with Crippen LogP contribution in [0.3, 0.4) is 0 Å². The number of aromatic nitrogens is 1. The van der Waals surface area contributed by atoms with Crippen molar-refractivity contribution in [3.05, 3.63) is 30.2 Å². The smallest absolute Gasteiger partial charge is 0.209 e. The molecule has 3 nitrogen and oxygen atoms in total. The number of fused-ring (bicyclic) bond motifs is 1. The summed E-state index contributed by atoms with van der Waals surface area (Å²) in [5.41, 5.74) is 1.85. The van der Waals surface area contributed by atoms with E-state index in [0.29, 0.717) is 6.54 Å². The van der Waals surface area contributed by atoms with E-state index < -0.39 is 0 Å². The Hall–Kier alpha value is -1.35. The van der Waals surface area contributed by atoms with Crippen LogP contribution in [0.5, 0.6) is 0 Å². The molecule has 3 heteroatoms. The molecule has 0 aliphatic carbocycles. The molecule has 2 aromatic rings. The Balaban J connectivity index is 2.16. The zero-order chi connectivity index (χ0) is 10.9. The lowest BCUT2D eigenvalue weighted by Gasteiger charge is -2.18. The third-order valence-electron chi connectivity index (χ3n) is 2.11. The van der Waals surface area contributed by atoms with Gasteiger partial charge < -0.3 is 9.73 Å². The lowest BCUT2D eigenvalue weighted by molar-refractivity contribution is 0.388. The molecule has 15 heavy (non-hydrogen) atoms. The van der Waals surface area contributed by atoms with Crippen LogP contribution in [-0.2, 0) is 6.54 Å². The van der Waals surface area contributed by atoms with E-state index in [2.05, 4.69) is 31.1 Å². The minimum atomic E-state index is 0.0840. The lowest BCUT2D eigenvalue weighted by Crippen LogP contribution is -2.35. The number of hydrogen-bond donors (Lipinski definition) is 1. The Labute approximate surface area is 89.5 Å². The maximum atomic E-state index is 5.59. The normalized spacial score (nSPS) is 12.2. The van der Waals surface area contributed by atoms with Gasteiger partial charge in [0.25, 0.3) is 0 Å². The highest BCUT2D eigenvalue weighted by Crippen LogP contribution is 2.14. The molecule has 1 heterocycles. The topological polar surface area (TPSA) is 38.1 Å². The van der Waals surface area contributed by atoms with Crippen LogP contribution in [0, 0.1) is 0 Å². The fraction of sp³-hybridized carbons (Fsp3) is 0.417. The van der Waals surface area contributed by atoms with Gasteiger partial charge in [-0.15, -0.1) is 0 Å². The quantitative estimate of drug-likeness (QED) is 0.817. The fourth-order valence-electron chi connectivity index (χ4n) is 1.34. The van der Waals surface area contributed by atoms with Crippen molar-refractivity contribution in [3.8, 4) is 0 Å². The molecule has 0 unspecified atom stereocenters. The zero-order valence-electron chi connectivity index (χ0n) is 9.37. The number of para-hydroxylation sites is 2. The lowest BCUT2D eigenvalue weighted by atomic mass is 10.1. The van der Waals surface area contributed by atoms with Crippen molar-refractivity contribution in [2.45, 2.75) is 32.9 Å². The van der Waals surface area contributed by atoms with Crippen molar-refractivity contribution < 1.29 is 4.42 Å². The summed E-state index contributed by atoms with van der Waals surface area (Å²) in [5.74, 6) is 0.742. The molecule has 0 fully saturated rings. The molecule has 0 amide bonds. The number of oxazole rings is 1. The molecule has 0 radical (unpaired) electrons. The summed E-state index contributed by atoms with van der Waals surface area (Å²) < 4.78 is 5.59.